The molecule has 0 radical (unpaired) electrons. The van der Waals surface area contributed by atoms with Crippen LogP contribution in [-0.2, 0) is 16.4 Å². The first kappa shape index (κ1) is 21.5. The fraction of sp³-hybridized carbons (Fsp3) is 0.190. The van der Waals surface area contributed by atoms with Gasteiger partial charge in [-0.25, -0.2) is 32.4 Å². The highest BCUT2D eigenvalue weighted by Crippen LogP contribution is 2.28. The summed E-state index contributed by atoms with van der Waals surface area (Å²) in [5, 5.41) is 7.97. The van der Waals surface area contributed by atoms with Crippen molar-refractivity contribution in [3.8, 4) is 22.8 Å². The molecule has 2 N–H and O–H groups in total. The summed E-state index contributed by atoms with van der Waals surface area (Å²) in [4.78, 5) is 12.6. The first-order valence-electron chi connectivity index (χ1n) is 9.59. The maximum absolute atomic E-state index is 14.8. The molecule has 0 aliphatic heterocycles. The van der Waals surface area contributed by atoms with Crippen LogP contribution in [0.15, 0.2) is 47.6 Å². The molecule has 0 atom stereocenters. The molecule has 1 aromatic carbocycles. The third-order valence-electron chi connectivity index (χ3n) is 4.99. The highest BCUT2D eigenvalue weighted by atomic mass is 32.2. The molecule has 11 heteroatoms. The van der Waals surface area contributed by atoms with Crippen molar-refractivity contribution in [1.29, 1.82) is 0 Å². The molecule has 164 valence electrons. The number of halogens is 1. The summed E-state index contributed by atoms with van der Waals surface area (Å²) in [5.74, 6) is -0.788. The Hall–Kier alpha value is -3.73. The Balaban J connectivity index is 1.70. The van der Waals surface area contributed by atoms with E-state index < -0.39 is 15.7 Å². The van der Waals surface area contributed by atoms with Gasteiger partial charge in [0.25, 0.3) is 0 Å². The summed E-state index contributed by atoms with van der Waals surface area (Å²) in [6.45, 7) is 4.04. The van der Waals surface area contributed by atoms with Gasteiger partial charge in [0.1, 0.15) is 11.4 Å². The van der Waals surface area contributed by atoms with E-state index in [4.69, 9.17) is 5.73 Å². The number of pyridine rings is 1. The zero-order chi connectivity index (χ0) is 23.0. The summed E-state index contributed by atoms with van der Waals surface area (Å²) in [6.07, 6.45) is 2.58. The zero-order valence-electron chi connectivity index (χ0n) is 17.6. The van der Waals surface area contributed by atoms with E-state index in [0.717, 1.165) is 22.9 Å². The van der Waals surface area contributed by atoms with E-state index in [2.05, 4.69) is 25.3 Å². The molecule has 0 amide bonds. The third kappa shape index (κ3) is 4.19. The molecule has 0 unspecified atom stereocenters. The van der Waals surface area contributed by atoms with Gasteiger partial charge in [-0.15, -0.1) is 5.10 Å². The summed E-state index contributed by atoms with van der Waals surface area (Å²) in [7, 11) is -3.44. The van der Waals surface area contributed by atoms with Gasteiger partial charge >= 0.3 is 0 Å². The molecule has 32 heavy (non-hydrogen) atoms. The lowest BCUT2D eigenvalue weighted by Gasteiger charge is -2.10. The summed E-state index contributed by atoms with van der Waals surface area (Å²) < 4.78 is 39.6. The largest absolute Gasteiger partial charge is 0.381 e. The Morgan fingerprint density at radius 1 is 1.06 bits per heavy atom. The Labute approximate surface area is 184 Å². The van der Waals surface area contributed by atoms with Gasteiger partial charge < -0.3 is 5.73 Å². The van der Waals surface area contributed by atoms with Gasteiger partial charge in [0, 0.05) is 11.8 Å². The number of nitrogen functional groups attached to an aromatic ring is 1. The maximum atomic E-state index is 14.8. The summed E-state index contributed by atoms with van der Waals surface area (Å²) >= 11 is 0. The summed E-state index contributed by atoms with van der Waals surface area (Å²) in [6, 6.07) is 10.4. The molecule has 0 spiro atoms. The van der Waals surface area contributed by atoms with Gasteiger partial charge in [0.05, 0.1) is 18.4 Å². The van der Waals surface area contributed by atoms with Gasteiger partial charge in [-0.05, 0) is 37.1 Å². The molecule has 4 rings (SSSR count). The van der Waals surface area contributed by atoms with Crippen molar-refractivity contribution in [2.24, 2.45) is 0 Å². The van der Waals surface area contributed by atoms with Crippen LogP contribution in [-0.4, -0.2) is 44.6 Å². The Kier molecular flexibility index (Phi) is 5.43. The molecule has 0 fully saturated rings. The normalized spacial score (nSPS) is 11.6. The second kappa shape index (κ2) is 8.08. The van der Waals surface area contributed by atoms with Crippen molar-refractivity contribution >= 4 is 15.7 Å². The third-order valence-corrected chi connectivity index (χ3v) is 5.98. The van der Waals surface area contributed by atoms with Crippen LogP contribution in [0.4, 0.5) is 10.2 Å². The number of nitrogens with zero attached hydrogens (tertiary/aromatic N) is 6. The van der Waals surface area contributed by atoms with E-state index in [-0.39, 0.29) is 34.6 Å². The Morgan fingerprint density at radius 3 is 2.56 bits per heavy atom. The smallest absolute Gasteiger partial charge is 0.193 e. The molecule has 0 aliphatic carbocycles. The van der Waals surface area contributed by atoms with Crippen LogP contribution < -0.4 is 5.73 Å². The number of rotatable bonds is 5. The minimum Gasteiger partial charge on any atom is -0.381 e. The van der Waals surface area contributed by atoms with Gasteiger partial charge in [-0.1, -0.05) is 29.5 Å². The predicted molar refractivity (Wildman–Crippen MR) is 117 cm³/mol. The van der Waals surface area contributed by atoms with Crippen LogP contribution in [0.2, 0.25) is 0 Å². The molecule has 0 bridgehead atoms. The van der Waals surface area contributed by atoms with Crippen molar-refractivity contribution in [2.75, 3.05) is 12.0 Å². The molecular weight excluding hydrogens is 433 g/mol. The molecule has 4 aromatic rings. The highest BCUT2D eigenvalue weighted by Gasteiger charge is 2.19. The van der Waals surface area contributed by atoms with E-state index in [0.29, 0.717) is 5.69 Å². The Morgan fingerprint density at radius 2 is 1.81 bits per heavy atom. The summed E-state index contributed by atoms with van der Waals surface area (Å²) in [5.41, 5.74) is 9.13. The number of hydrogen-bond acceptors (Lipinski definition) is 8. The predicted octanol–water partition coefficient (Wildman–Crippen LogP) is 2.59. The standard InChI is InChI=1S/C21H20FN7O2S/c1-12-6-4-8-15(13(12)2)21-25-19(18(22)20(23)26-21)16-11-29(28-27-16)10-14-7-5-9-17(24-14)32(3,30)31/h4-9,11H,10H2,1-3H3,(H2,23,25,26). The lowest BCUT2D eigenvalue weighted by molar-refractivity contribution is 0.594. The van der Waals surface area contributed by atoms with Crippen LogP contribution in [0.1, 0.15) is 16.8 Å². The average Bonchev–Trinajstić information content (AvgIpc) is 3.20. The molecule has 0 saturated carbocycles. The number of anilines is 1. The SMILES string of the molecule is Cc1cccc(-c2nc(N)c(F)c(-c3cn(Cc4cccc(S(C)(=O)=O)n4)nn3)n2)c1C. The van der Waals surface area contributed by atoms with E-state index in [1.807, 2.05) is 32.0 Å². The fourth-order valence-corrected chi connectivity index (χ4v) is 3.76. The average molecular weight is 454 g/mol. The number of aryl methyl sites for hydroxylation is 1. The first-order chi connectivity index (χ1) is 15.1. The zero-order valence-corrected chi connectivity index (χ0v) is 18.4. The van der Waals surface area contributed by atoms with Crippen molar-refractivity contribution in [3.05, 3.63) is 65.2 Å². The van der Waals surface area contributed by atoms with Crippen molar-refractivity contribution < 1.29 is 12.8 Å². The van der Waals surface area contributed by atoms with Gasteiger partial charge in [-0.3, -0.25) is 0 Å². The number of aromatic nitrogens is 6. The Bertz CT molecular complexity index is 1430. The number of benzene rings is 1. The lowest BCUT2D eigenvalue weighted by Crippen LogP contribution is -2.07. The number of sulfone groups is 1. The van der Waals surface area contributed by atoms with Crippen molar-refractivity contribution in [1.82, 2.24) is 29.9 Å². The minimum atomic E-state index is -3.44. The minimum absolute atomic E-state index is 0.0388. The van der Waals surface area contributed by atoms with Crippen LogP contribution in [0.5, 0.6) is 0 Å². The topological polar surface area (TPSA) is 130 Å². The van der Waals surface area contributed by atoms with Crippen LogP contribution in [0.25, 0.3) is 22.8 Å². The maximum Gasteiger partial charge on any atom is 0.193 e. The monoisotopic (exact) mass is 453 g/mol. The molecule has 3 heterocycles. The quantitative estimate of drug-likeness (QED) is 0.488. The number of hydrogen-bond donors (Lipinski definition) is 1. The highest BCUT2D eigenvalue weighted by molar-refractivity contribution is 7.90. The van der Waals surface area contributed by atoms with Gasteiger partial charge in [0.15, 0.2) is 32.3 Å². The van der Waals surface area contributed by atoms with Crippen LogP contribution >= 0.6 is 0 Å². The van der Waals surface area contributed by atoms with Gasteiger partial charge in [-0.2, -0.15) is 0 Å². The van der Waals surface area contributed by atoms with E-state index in [1.165, 1.54) is 16.9 Å². The van der Waals surface area contributed by atoms with E-state index in [9.17, 15) is 12.8 Å². The van der Waals surface area contributed by atoms with Crippen LogP contribution in [0, 0.1) is 19.7 Å². The first-order valence-corrected chi connectivity index (χ1v) is 11.5. The van der Waals surface area contributed by atoms with E-state index >= 15 is 0 Å². The second-order valence-electron chi connectivity index (χ2n) is 7.38. The molecule has 3 aromatic heterocycles. The molecule has 0 aliphatic rings. The van der Waals surface area contributed by atoms with Crippen molar-refractivity contribution in [3.63, 3.8) is 0 Å². The fourth-order valence-electron chi connectivity index (χ4n) is 3.15. The van der Waals surface area contributed by atoms with Crippen LogP contribution in [0.3, 0.4) is 0 Å². The molecule has 9 nitrogen and oxygen atoms in total. The second-order valence-corrected chi connectivity index (χ2v) is 9.35. The van der Waals surface area contributed by atoms with E-state index in [1.54, 1.807) is 12.1 Å². The van der Waals surface area contributed by atoms with Gasteiger partial charge in [0.2, 0.25) is 0 Å². The van der Waals surface area contributed by atoms with Crippen molar-refractivity contribution in [2.45, 2.75) is 25.4 Å². The lowest BCUT2D eigenvalue weighted by atomic mass is 10.0. The molecular formula is C21H20FN7O2S. The number of nitrogens with two attached hydrogens (primary N) is 1. The molecule has 0 saturated heterocycles.